The number of aromatic nitrogens is 4. The second kappa shape index (κ2) is 12.3. The first-order valence-electron chi connectivity index (χ1n) is 17.1. The topological polar surface area (TPSA) is 77.8 Å². The van der Waals surface area contributed by atoms with Crippen molar-refractivity contribution in [2.24, 2.45) is 0 Å². The molecular formula is C46H28N4O2. The number of furan rings is 1. The van der Waals surface area contributed by atoms with Crippen molar-refractivity contribution in [1.29, 1.82) is 0 Å². The van der Waals surface area contributed by atoms with Crippen LogP contribution in [0.2, 0.25) is 0 Å². The molecule has 0 bridgehead atoms. The van der Waals surface area contributed by atoms with E-state index < -0.39 is 0 Å². The van der Waals surface area contributed by atoms with Crippen LogP contribution in [0.1, 0.15) is 0 Å². The fourth-order valence-corrected chi connectivity index (χ4v) is 6.88. The molecule has 0 amide bonds. The van der Waals surface area contributed by atoms with E-state index in [2.05, 4.69) is 72.8 Å². The standard InChI is InChI=1S/C46H28N4O2/c1-4-14-29(15-5-1)32-26-33(30-16-6-2-7-17-30)28-34(27-32)44-48-43(31-18-8-3-9-19-31)49-45(50-44)36-21-13-25-40-41(36)35-20-12-22-37(42(35)51-40)46-47-38-23-10-11-24-39(38)52-46/h1-28H. The minimum atomic E-state index is 0.508. The number of hydrogen-bond donors (Lipinski definition) is 0. The summed E-state index contributed by atoms with van der Waals surface area (Å²) in [5, 5.41) is 1.83. The number of oxazole rings is 1. The van der Waals surface area contributed by atoms with E-state index in [0.29, 0.717) is 28.9 Å². The zero-order valence-corrected chi connectivity index (χ0v) is 27.8. The van der Waals surface area contributed by atoms with Gasteiger partial charge in [0.05, 0.1) is 5.56 Å². The van der Waals surface area contributed by atoms with Gasteiger partial charge in [0.15, 0.2) is 23.1 Å². The Morgan fingerprint density at radius 2 is 0.885 bits per heavy atom. The van der Waals surface area contributed by atoms with Crippen LogP contribution in [0.5, 0.6) is 0 Å². The molecular weight excluding hydrogens is 641 g/mol. The lowest BCUT2D eigenvalue weighted by Crippen LogP contribution is -2.01. The van der Waals surface area contributed by atoms with E-state index in [-0.39, 0.29) is 0 Å². The minimum absolute atomic E-state index is 0.508. The third-order valence-corrected chi connectivity index (χ3v) is 9.36. The van der Waals surface area contributed by atoms with Crippen molar-refractivity contribution in [3.05, 3.63) is 170 Å². The highest BCUT2D eigenvalue weighted by atomic mass is 16.4. The van der Waals surface area contributed by atoms with Crippen LogP contribution >= 0.6 is 0 Å². The van der Waals surface area contributed by atoms with Gasteiger partial charge in [-0.1, -0.05) is 127 Å². The first-order chi connectivity index (χ1) is 25.7. The smallest absolute Gasteiger partial charge is 0.231 e. The molecule has 0 aliphatic carbocycles. The number of para-hydroxylation sites is 3. The second-order valence-corrected chi connectivity index (χ2v) is 12.7. The van der Waals surface area contributed by atoms with Crippen LogP contribution in [0.25, 0.3) is 101 Å². The van der Waals surface area contributed by atoms with E-state index in [4.69, 9.17) is 28.8 Å². The summed E-state index contributed by atoms with van der Waals surface area (Å²) in [6.07, 6.45) is 0. The van der Waals surface area contributed by atoms with Gasteiger partial charge in [0.2, 0.25) is 5.89 Å². The predicted molar refractivity (Wildman–Crippen MR) is 207 cm³/mol. The summed E-state index contributed by atoms with van der Waals surface area (Å²) >= 11 is 0. The zero-order chi connectivity index (χ0) is 34.4. The molecule has 0 fully saturated rings. The Kier molecular flexibility index (Phi) is 7.03. The molecule has 244 valence electrons. The Labute approximate surface area is 298 Å². The highest BCUT2D eigenvalue weighted by Crippen LogP contribution is 2.41. The number of hydrogen-bond acceptors (Lipinski definition) is 6. The molecule has 0 atom stereocenters. The molecule has 0 saturated carbocycles. The summed E-state index contributed by atoms with van der Waals surface area (Å²) in [6.45, 7) is 0. The second-order valence-electron chi connectivity index (χ2n) is 12.7. The van der Waals surface area contributed by atoms with Gasteiger partial charge in [-0.3, -0.25) is 0 Å². The summed E-state index contributed by atoms with van der Waals surface area (Å²) in [6, 6.07) is 57.2. The molecule has 0 N–H and O–H groups in total. The van der Waals surface area contributed by atoms with Crippen LogP contribution in [0.3, 0.4) is 0 Å². The van der Waals surface area contributed by atoms with Crippen LogP contribution in [-0.2, 0) is 0 Å². The molecule has 7 aromatic carbocycles. The Balaban J connectivity index is 1.20. The molecule has 3 aromatic heterocycles. The number of fused-ring (bicyclic) bond motifs is 4. The average molecular weight is 669 g/mol. The largest absolute Gasteiger partial charge is 0.455 e. The van der Waals surface area contributed by atoms with Gasteiger partial charge in [-0.2, -0.15) is 0 Å². The number of benzene rings is 7. The molecule has 3 heterocycles. The van der Waals surface area contributed by atoms with Crippen LogP contribution in [-0.4, -0.2) is 19.9 Å². The molecule has 6 nitrogen and oxygen atoms in total. The van der Waals surface area contributed by atoms with Gasteiger partial charge in [-0.25, -0.2) is 19.9 Å². The number of rotatable bonds is 6. The summed E-state index contributed by atoms with van der Waals surface area (Å²) < 4.78 is 12.8. The van der Waals surface area contributed by atoms with Gasteiger partial charge in [0, 0.05) is 27.5 Å². The van der Waals surface area contributed by atoms with Crippen molar-refractivity contribution in [2.45, 2.75) is 0 Å². The third-order valence-electron chi connectivity index (χ3n) is 9.36. The van der Waals surface area contributed by atoms with Crippen molar-refractivity contribution in [3.8, 4) is 67.9 Å². The van der Waals surface area contributed by atoms with E-state index in [9.17, 15) is 0 Å². The van der Waals surface area contributed by atoms with E-state index in [1.807, 2.05) is 97.1 Å². The van der Waals surface area contributed by atoms with Gasteiger partial charge >= 0.3 is 0 Å². The Bertz CT molecular complexity index is 2810. The molecule has 0 radical (unpaired) electrons. The van der Waals surface area contributed by atoms with E-state index >= 15 is 0 Å². The van der Waals surface area contributed by atoms with E-state index in [1.54, 1.807) is 0 Å². The summed E-state index contributed by atoms with van der Waals surface area (Å²) in [5.74, 6) is 2.23. The third kappa shape index (κ3) is 5.22. The van der Waals surface area contributed by atoms with Gasteiger partial charge in [-0.05, 0) is 64.7 Å². The van der Waals surface area contributed by atoms with Crippen molar-refractivity contribution in [3.63, 3.8) is 0 Å². The predicted octanol–water partition coefficient (Wildman–Crippen LogP) is 11.9. The maximum Gasteiger partial charge on any atom is 0.231 e. The van der Waals surface area contributed by atoms with Crippen molar-refractivity contribution in [2.75, 3.05) is 0 Å². The molecule has 0 spiro atoms. The molecule has 52 heavy (non-hydrogen) atoms. The van der Waals surface area contributed by atoms with E-state index in [1.165, 1.54) is 0 Å². The summed E-state index contributed by atoms with van der Waals surface area (Å²) in [4.78, 5) is 20.2. The van der Waals surface area contributed by atoms with Crippen LogP contribution in [0.15, 0.2) is 179 Å². The molecule has 0 aliphatic rings. The zero-order valence-electron chi connectivity index (χ0n) is 27.8. The summed E-state index contributed by atoms with van der Waals surface area (Å²) in [5.41, 5.74) is 10.7. The number of nitrogens with zero attached hydrogens (tertiary/aromatic N) is 4. The van der Waals surface area contributed by atoms with Gasteiger partial charge < -0.3 is 8.83 Å². The molecule has 6 heteroatoms. The first kappa shape index (κ1) is 29.7. The lowest BCUT2D eigenvalue weighted by atomic mass is 9.96. The lowest BCUT2D eigenvalue weighted by molar-refractivity contribution is 0.615. The normalized spacial score (nSPS) is 11.5. The van der Waals surface area contributed by atoms with Crippen molar-refractivity contribution >= 4 is 33.0 Å². The molecule has 0 unspecified atom stereocenters. The molecule has 10 rings (SSSR count). The monoisotopic (exact) mass is 668 g/mol. The van der Waals surface area contributed by atoms with Crippen molar-refractivity contribution < 1.29 is 8.83 Å². The van der Waals surface area contributed by atoms with Crippen molar-refractivity contribution in [1.82, 2.24) is 19.9 Å². The SMILES string of the molecule is c1ccc(-c2cc(-c3ccccc3)cc(-c3nc(-c4ccccc4)nc(-c4cccc5oc6c(-c7nc8ccccc8o7)cccc6c45)n3)c2)cc1. The molecule has 0 saturated heterocycles. The van der Waals surface area contributed by atoms with Gasteiger partial charge in [-0.15, -0.1) is 0 Å². The Morgan fingerprint density at radius 1 is 0.346 bits per heavy atom. The fourth-order valence-electron chi connectivity index (χ4n) is 6.88. The lowest BCUT2D eigenvalue weighted by Gasteiger charge is -2.12. The Morgan fingerprint density at radius 3 is 1.58 bits per heavy atom. The van der Waals surface area contributed by atoms with Crippen LogP contribution in [0, 0.1) is 0 Å². The molecule has 10 aromatic rings. The summed E-state index contributed by atoms with van der Waals surface area (Å²) in [7, 11) is 0. The highest BCUT2D eigenvalue weighted by Gasteiger charge is 2.21. The first-order valence-corrected chi connectivity index (χ1v) is 17.1. The highest BCUT2D eigenvalue weighted by molar-refractivity contribution is 6.14. The molecule has 0 aliphatic heterocycles. The minimum Gasteiger partial charge on any atom is -0.455 e. The van der Waals surface area contributed by atoms with Gasteiger partial charge in [0.1, 0.15) is 16.7 Å². The quantitative estimate of drug-likeness (QED) is 0.175. The fraction of sp³-hybridized carbons (Fsp3) is 0. The average Bonchev–Trinajstić information content (AvgIpc) is 3.84. The van der Waals surface area contributed by atoms with Crippen LogP contribution in [0.4, 0.5) is 0 Å². The maximum atomic E-state index is 6.58. The van der Waals surface area contributed by atoms with Gasteiger partial charge in [0.25, 0.3) is 0 Å². The van der Waals surface area contributed by atoms with E-state index in [0.717, 1.165) is 72.0 Å². The van der Waals surface area contributed by atoms with Crippen LogP contribution < -0.4 is 0 Å². The maximum absolute atomic E-state index is 6.58. The Hall–Kier alpha value is -7.18.